The van der Waals surface area contributed by atoms with E-state index in [1.165, 1.54) is 17.0 Å². The fourth-order valence-electron chi connectivity index (χ4n) is 3.37. The first-order valence-corrected chi connectivity index (χ1v) is 11.5. The van der Waals surface area contributed by atoms with Gasteiger partial charge in [-0.15, -0.1) is 0 Å². The van der Waals surface area contributed by atoms with Crippen molar-refractivity contribution in [2.24, 2.45) is 0 Å². The van der Waals surface area contributed by atoms with Gasteiger partial charge in [-0.3, -0.25) is 4.79 Å². The molecule has 5 nitrogen and oxygen atoms in total. The lowest BCUT2D eigenvalue weighted by Gasteiger charge is -2.31. The number of benzene rings is 2. The Morgan fingerprint density at radius 2 is 1.97 bits per heavy atom. The fraction of sp³-hybridized carbons (Fsp3) is 0.381. The topological polar surface area (TPSA) is 63.7 Å². The van der Waals surface area contributed by atoms with Crippen molar-refractivity contribution in [1.82, 2.24) is 4.90 Å². The van der Waals surface area contributed by atoms with Gasteiger partial charge in [-0.2, -0.15) is 0 Å². The average Bonchev–Trinajstić information content (AvgIpc) is 3.03. The van der Waals surface area contributed by atoms with E-state index in [0.717, 1.165) is 11.1 Å². The summed E-state index contributed by atoms with van der Waals surface area (Å²) in [6.45, 7) is 3.66. The first kappa shape index (κ1) is 21.6. The van der Waals surface area contributed by atoms with E-state index in [2.05, 4.69) is 0 Å². The van der Waals surface area contributed by atoms with Crippen molar-refractivity contribution in [3.8, 4) is 5.75 Å². The molecule has 2 atom stereocenters. The number of halogens is 2. The van der Waals surface area contributed by atoms with E-state index < -0.39 is 22.0 Å². The predicted molar refractivity (Wildman–Crippen MR) is 110 cm³/mol. The highest BCUT2D eigenvalue weighted by atomic mass is 35.5. The molecule has 8 heteroatoms. The zero-order valence-corrected chi connectivity index (χ0v) is 17.8. The van der Waals surface area contributed by atoms with Gasteiger partial charge >= 0.3 is 0 Å². The van der Waals surface area contributed by atoms with Crippen molar-refractivity contribution < 1.29 is 22.3 Å². The Kier molecular flexibility index (Phi) is 6.49. The first-order chi connectivity index (χ1) is 13.6. The molecule has 3 rings (SSSR count). The van der Waals surface area contributed by atoms with Crippen LogP contribution < -0.4 is 4.74 Å². The molecule has 0 spiro atoms. The Morgan fingerprint density at radius 3 is 2.55 bits per heavy atom. The molecule has 1 heterocycles. The Balaban J connectivity index is 1.80. The van der Waals surface area contributed by atoms with Crippen LogP contribution in [0.4, 0.5) is 4.39 Å². The number of hydrogen-bond acceptors (Lipinski definition) is 4. The number of ether oxygens (including phenoxy) is 1. The number of carbonyl (C=O) groups excluding carboxylic acids is 1. The van der Waals surface area contributed by atoms with Crippen molar-refractivity contribution in [3.05, 3.63) is 64.4 Å². The van der Waals surface area contributed by atoms with E-state index in [4.69, 9.17) is 16.3 Å². The van der Waals surface area contributed by atoms with Gasteiger partial charge in [0.2, 0.25) is 0 Å². The second-order valence-corrected chi connectivity index (χ2v) is 9.96. The fourth-order valence-corrected chi connectivity index (χ4v) is 5.22. The summed E-state index contributed by atoms with van der Waals surface area (Å²) in [7, 11) is -3.18. The van der Waals surface area contributed by atoms with E-state index >= 15 is 0 Å². The maximum Gasteiger partial charge on any atom is 0.263 e. The van der Waals surface area contributed by atoms with E-state index in [0.29, 0.717) is 17.2 Å². The van der Waals surface area contributed by atoms with E-state index in [9.17, 15) is 17.6 Å². The highest BCUT2D eigenvalue weighted by molar-refractivity contribution is 7.91. The number of nitrogens with zero attached hydrogens (tertiary/aromatic N) is 1. The zero-order chi connectivity index (χ0) is 21.2. The van der Waals surface area contributed by atoms with Gasteiger partial charge in [-0.25, -0.2) is 12.8 Å². The molecule has 0 aliphatic carbocycles. The number of hydrogen-bond donors (Lipinski definition) is 0. The van der Waals surface area contributed by atoms with E-state index in [-0.39, 0.29) is 29.8 Å². The number of rotatable bonds is 6. The summed E-state index contributed by atoms with van der Waals surface area (Å²) in [6, 6.07) is 10.5. The molecule has 2 aromatic rings. The van der Waals surface area contributed by atoms with Crippen LogP contribution in [-0.2, 0) is 21.2 Å². The Hall–Kier alpha value is -2.12. The molecule has 1 aliphatic heterocycles. The minimum Gasteiger partial charge on any atom is -0.481 e. The summed E-state index contributed by atoms with van der Waals surface area (Å²) < 4.78 is 43.0. The van der Waals surface area contributed by atoms with E-state index in [1.54, 1.807) is 37.3 Å². The molecular formula is C21H23ClFNO4S. The molecule has 0 N–H and O–H groups in total. The summed E-state index contributed by atoms with van der Waals surface area (Å²) >= 11 is 6.03. The maximum atomic E-state index is 13.2. The number of aryl methyl sites for hydroxylation is 1. The smallest absolute Gasteiger partial charge is 0.263 e. The van der Waals surface area contributed by atoms with Gasteiger partial charge in [0.1, 0.15) is 11.6 Å². The SMILES string of the molecule is Cc1cc(OC(C)C(=O)N(Cc2ccc(F)cc2)C2CCS(=O)(=O)C2)ccc1Cl. The molecule has 0 bridgehead atoms. The Morgan fingerprint density at radius 1 is 1.28 bits per heavy atom. The summed E-state index contributed by atoms with van der Waals surface area (Å²) in [4.78, 5) is 14.7. The second kappa shape index (κ2) is 8.71. The number of amides is 1. The van der Waals surface area contributed by atoms with Crippen molar-refractivity contribution in [1.29, 1.82) is 0 Å². The van der Waals surface area contributed by atoms with Crippen LogP contribution in [0.3, 0.4) is 0 Å². The minimum atomic E-state index is -3.18. The predicted octanol–water partition coefficient (Wildman–Crippen LogP) is 3.77. The van der Waals surface area contributed by atoms with Crippen molar-refractivity contribution in [2.75, 3.05) is 11.5 Å². The second-order valence-electron chi connectivity index (χ2n) is 7.32. The molecular weight excluding hydrogens is 417 g/mol. The lowest BCUT2D eigenvalue weighted by molar-refractivity contribution is -0.140. The van der Waals surface area contributed by atoms with Crippen LogP contribution in [0.15, 0.2) is 42.5 Å². The highest BCUT2D eigenvalue weighted by Crippen LogP contribution is 2.25. The van der Waals surface area contributed by atoms with Gasteiger partial charge in [-0.1, -0.05) is 23.7 Å². The monoisotopic (exact) mass is 439 g/mol. The summed E-state index contributed by atoms with van der Waals surface area (Å²) in [5.74, 6) is -0.203. The van der Waals surface area contributed by atoms with Crippen LogP contribution in [0.2, 0.25) is 5.02 Å². The third-order valence-electron chi connectivity index (χ3n) is 4.99. The first-order valence-electron chi connectivity index (χ1n) is 9.33. The third kappa shape index (κ3) is 5.48. The molecule has 156 valence electrons. The van der Waals surface area contributed by atoms with Gasteiger partial charge in [0.15, 0.2) is 15.9 Å². The van der Waals surface area contributed by atoms with Gasteiger partial charge in [0.25, 0.3) is 5.91 Å². The Labute approximate surface area is 175 Å². The molecule has 29 heavy (non-hydrogen) atoms. The third-order valence-corrected chi connectivity index (χ3v) is 7.16. The molecule has 0 saturated carbocycles. The minimum absolute atomic E-state index is 0.0521. The van der Waals surface area contributed by atoms with Crippen LogP contribution >= 0.6 is 11.6 Å². The summed E-state index contributed by atoms with van der Waals surface area (Å²) in [6.07, 6.45) is -0.443. The molecule has 2 aromatic carbocycles. The maximum absolute atomic E-state index is 13.2. The molecule has 1 saturated heterocycles. The number of sulfone groups is 1. The van der Waals surface area contributed by atoms with Crippen LogP contribution in [0.1, 0.15) is 24.5 Å². The van der Waals surface area contributed by atoms with Crippen LogP contribution in [-0.4, -0.2) is 42.9 Å². The Bertz CT molecular complexity index is 994. The summed E-state index contributed by atoms with van der Waals surface area (Å²) in [5.41, 5.74) is 1.55. The lowest BCUT2D eigenvalue weighted by Crippen LogP contribution is -2.46. The van der Waals surface area contributed by atoms with Gasteiger partial charge in [0.05, 0.1) is 11.5 Å². The standard InChI is InChI=1S/C21H23ClFNO4S/c1-14-11-19(7-8-20(14)22)28-15(2)21(25)24(18-9-10-29(26,27)13-18)12-16-3-5-17(23)6-4-16/h3-8,11,15,18H,9-10,12-13H2,1-2H3. The van der Waals surface area contributed by atoms with Gasteiger partial charge in [0, 0.05) is 17.6 Å². The van der Waals surface area contributed by atoms with Crippen LogP contribution in [0, 0.1) is 12.7 Å². The summed E-state index contributed by atoms with van der Waals surface area (Å²) in [5, 5.41) is 0.602. The highest BCUT2D eigenvalue weighted by Gasteiger charge is 2.36. The molecule has 2 unspecified atom stereocenters. The molecule has 0 aromatic heterocycles. The molecule has 0 radical (unpaired) electrons. The van der Waals surface area contributed by atoms with Gasteiger partial charge in [-0.05, 0) is 61.7 Å². The normalized spacial score (nSPS) is 19.0. The van der Waals surface area contributed by atoms with Gasteiger partial charge < -0.3 is 9.64 Å². The van der Waals surface area contributed by atoms with E-state index in [1.807, 2.05) is 6.92 Å². The quantitative estimate of drug-likeness (QED) is 0.687. The van der Waals surface area contributed by atoms with Crippen LogP contribution in [0.5, 0.6) is 5.75 Å². The van der Waals surface area contributed by atoms with Crippen molar-refractivity contribution >= 4 is 27.3 Å². The average molecular weight is 440 g/mol. The van der Waals surface area contributed by atoms with Crippen molar-refractivity contribution in [2.45, 2.75) is 39.0 Å². The molecule has 1 fully saturated rings. The lowest BCUT2D eigenvalue weighted by atomic mass is 10.1. The van der Waals surface area contributed by atoms with Crippen molar-refractivity contribution in [3.63, 3.8) is 0 Å². The largest absolute Gasteiger partial charge is 0.481 e. The molecule has 1 aliphatic rings. The zero-order valence-electron chi connectivity index (χ0n) is 16.3. The number of carbonyl (C=O) groups is 1. The molecule has 1 amide bonds. The van der Waals surface area contributed by atoms with Crippen LogP contribution in [0.25, 0.3) is 0 Å².